The maximum absolute atomic E-state index is 13.4. The molecule has 5 heteroatoms. The summed E-state index contributed by atoms with van der Waals surface area (Å²) in [6, 6.07) is 9.45. The Morgan fingerprint density at radius 2 is 1.85 bits per heavy atom. The van der Waals surface area contributed by atoms with E-state index in [-0.39, 0.29) is 11.8 Å². The Kier molecular flexibility index (Phi) is 4.90. The molecule has 0 unspecified atom stereocenters. The standard InChI is InChI=1S/C22H27N3O2/c23-15-17-7-4-5-10-19(17)20(26)24-14-12-22(16-24)11-6-13-25(21(22)27)18-8-2-1-3-9-18/h4-5,7,10,18H,1-3,6,8-9,11-14,16H2/t22-/m0/s1. The Morgan fingerprint density at radius 3 is 2.63 bits per heavy atom. The molecule has 2 saturated heterocycles. The monoisotopic (exact) mass is 365 g/mol. The third kappa shape index (κ3) is 3.22. The van der Waals surface area contributed by atoms with Gasteiger partial charge in [-0.1, -0.05) is 31.4 Å². The van der Waals surface area contributed by atoms with Gasteiger partial charge in [-0.05, 0) is 44.2 Å². The van der Waals surface area contributed by atoms with Crippen molar-refractivity contribution in [3.8, 4) is 6.07 Å². The van der Waals surface area contributed by atoms with Gasteiger partial charge in [-0.3, -0.25) is 9.59 Å². The van der Waals surface area contributed by atoms with E-state index >= 15 is 0 Å². The van der Waals surface area contributed by atoms with E-state index < -0.39 is 5.41 Å². The second-order valence-corrected chi connectivity index (χ2v) is 8.31. The normalized spacial score (nSPS) is 26.4. The Morgan fingerprint density at radius 1 is 1.07 bits per heavy atom. The summed E-state index contributed by atoms with van der Waals surface area (Å²) in [5, 5.41) is 9.29. The van der Waals surface area contributed by atoms with Crippen LogP contribution in [0.4, 0.5) is 0 Å². The molecular weight excluding hydrogens is 338 g/mol. The van der Waals surface area contributed by atoms with E-state index in [0.29, 0.717) is 30.3 Å². The number of hydrogen-bond acceptors (Lipinski definition) is 3. The number of nitrogens with zero attached hydrogens (tertiary/aromatic N) is 3. The molecule has 1 aromatic rings. The number of carbonyl (C=O) groups excluding carboxylic acids is 2. The highest BCUT2D eigenvalue weighted by Gasteiger charge is 2.50. The van der Waals surface area contributed by atoms with Gasteiger partial charge in [0.05, 0.1) is 22.6 Å². The van der Waals surface area contributed by atoms with Crippen LogP contribution in [-0.2, 0) is 4.79 Å². The summed E-state index contributed by atoms with van der Waals surface area (Å²) in [6.07, 6.45) is 8.62. The first-order chi connectivity index (χ1) is 13.1. The van der Waals surface area contributed by atoms with Crippen LogP contribution < -0.4 is 0 Å². The molecule has 142 valence electrons. The van der Waals surface area contributed by atoms with Crippen molar-refractivity contribution in [3.63, 3.8) is 0 Å². The Bertz CT molecular complexity index is 778. The van der Waals surface area contributed by atoms with E-state index in [4.69, 9.17) is 0 Å². The van der Waals surface area contributed by atoms with Crippen molar-refractivity contribution in [2.75, 3.05) is 19.6 Å². The highest BCUT2D eigenvalue weighted by molar-refractivity contribution is 5.97. The van der Waals surface area contributed by atoms with Gasteiger partial charge in [0.2, 0.25) is 5.91 Å². The highest BCUT2D eigenvalue weighted by atomic mass is 16.2. The van der Waals surface area contributed by atoms with Crippen LogP contribution in [0.25, 0.3) is 0 Å². The maximum Gasteiger partial charge on any atom is 0.255 e. The topological polar surface area (TPSA) is 64.4 Å². The minimum absolute atomic E-state index is 0.119. The van der Waals surface area contributed by atoms with E-state index in [0.717, 1.165) is 38.6 Å². The second-order valence-electron chi connectivity index (χ2n) is 8.31. The molecular formula is C22H27N3O2. The Hall–Kier alpha value is -2.35. The van der Waals surface area contributed by atoms with Crippen molar-refractivity contribution in [1.82, 2.24) is 9.80 Å². The lowest BCUT2D eigenvalue weighted by atomic mass is 9.77. The zero-order chi connectivity index (χ0) is 18.9. The molecule has 0 N–H and O–H groups in total. The van der Waals surface area contributed by atoms with E-state index in [1.165, 1.54) is 19.3 Å². The van der Waals surface area contributed by atoms with E-state index in [9.17, 15) is 14.9 Å². The Balaban J connectivity index is 1.51. The average Bonchev–Trinajstić information content (AvgIpc) is 3.15. The van der Waals surface area contributed by atoms with Gasteiger partial charge in [0.25, 0.3) is 5.91 Å². The summed E-state index contributed by atoms with van der Waals surface area (Å²) in [5.74, 6) is 0.149. The summed E-state index contributed by atoms with van der Waals surface area (Å²) in [6.45, 7) is 1.97. The largest absolute Gasteiger partial charge is 0.339 e. The van der Waals surface area contributed by atoms with Gasteiger partial charge in [0.15, 0.2) is 0 Å². The molecule has 1 aromatic carbocycles. The van der Waals surface area contributed by atoms with Gasteiger partial charge in [0.1, 0.15) is 0 Å². The summed E-state index contributed by atoms with van der Waals surface area (Å²) in [5.41, 5.74) is 0.444. The summed E-state index contributed by atoms with van der Waals surface area (Å²) in [7, 11) is 0. The van der Waals surface area contributed by atoms with Crippen LogP contribution in [0, 0.1) is 16.7 Å². The van der Waals surface area contributed by atoms with Crippen molar-refractivity contribution < 1.29 is 9.59 Å². The van der Waals surface area contributed by atoms with Gasteiger partial charge in [-0.15, -0.1) is 0 Å². The molecule has 0 aromatic heterocycles. The number of piperidine rings is 1. The molecule has 27 heavy (non-hydrogen) atoms. The number of rotatable bonds is 2. The third-order valence-electron chi connectivity index (χ3n) is 6.70. The van der Waals surface area contributed by atoms with Crippen LogP contribution in [-0.4, -0.2) is 47.3 Å². The van der Waals surface area contributed by atoms with E-state index in [1.54, 1.807) is 29.2 Å². The lowest BCUT2D eigenvalue weighted by molar-refractivity contribution is -0.149. The summed E-state index contributed by atoms with van der Waals surface area (Å²) in [4.78, 5) is 30.3. The fourth-order valence-electron chi connectivity index (χ4n) is 5.20. The molecule has 1 spiro atoms. The van der Waals surface area contributed by atoms with Gasteiger partial charge in [-0.25, -0.2) is 0 Å². The smallest absolute Gasteiger partial charge is 0.255 e. The maximum atomic E-state index is 13.4. The van der Waals surface area contributed by atoms with Crippen molar-refractivity contribution >= 4 is 11.8 Å². The zero-order valence-electron chi connectivity index (χ0n) is 15.8. The van der Waals surface area contributed by atoms with Crippen molar-refractivity contribution in [2.24, 2.45) is 5.41 Å². The van der Waals surface area contributed by atoms with Crippen LogP contribution in [0.5, 0.6) is 0 Å². The number of carbonyl (C=O) groups is 2. The Labute approximate surface area is 160 Å². The quantitative estimate of drug-likeness (QED) is 0.807. The average molecular weight is 365 g/mol. The first-order valence-corrected chi connectivity index (χ1v) is 10.2. The SMILES string of the molecule is N#Cc1ccccc1C(=O)N1CC[C@@]2(CCCN(C3CCCCC3)C2=O)C1. The molecule has 3 aliphatic rings. The molecule has 1 saturated carbocycles. The lowest BCUT2D eigenvalue weighted by Crippen LogP contribution is -2.54. The summed E-state index contributed by atoms with van der Waals surface area (Å²) < 4.78 is 0. The van der Waals surface area contributed by atoms with Gasteiger partial charge in [0, 0.05) is 25.7 Å². The minimum atomic E-state index is -0.410. The lowest BCUT2D eigenvalue weighted by Gasteiger charge is -2.44. The number of likely N-dealkylation sites (tertiary alicyclic amines) is 2. The molecule has 3 fully saturated rings. The number of benzene rings is 1. The predicted molar refractivity (Wildman–Crippen MR) is 102 cm³/mol. The van der Waals surface area contributed by atoms with Gasteiger partial charge < -0.3 is 9.80 Å². The zero-order valence-corrected chi connectivity index (χ0v) is 15.8. The number of nitriles is 1. The second kappa shape index (κ2) is 7.34. The predicted octanol–water partition coefficient (Wildman–Crippen LogP) is 3.35. The third-order valence-corrected chi connectivity index (χ3v) is 6.70. The van der Waals surface area contributed by atoms with Gasteiger partial charge in [-0.2, -0.15) is 5.26 Å². The molecule has 2 heterocycles. The molecule has 2 amide bonds. The van der Waals surface area contributed by atoms with Gasteiger partial charge >= 0.3 is 0 Å². The first kappa shape index (κ1) is 18.0. The van der Waals surface area contributed by atoms with Crippen LogP contribution in [0.1, 0.15) is 67.3 Å². The highest BCUT2D eigenvalue weighted by Crippen LogP contribution is 2.42. The van der Waals surface area contributed by atoms with Crippen molar-refractivity contribution in [2.45, 2.75) is 57.4 Å². The fraction of sp³-hybridized carbons (Fsp3) is 0.591. The summed E-state index contributed by atoms with van der Waals surface area (Å²) >= 11 is 0. The molecule has 2 aliphatic heterocycles. The van der Waals surface area contributed by atoms with Crippen LogP contribution in [0.2, 0.25) is 0 Å². The minimum Gasteiger partial charge on any atom is -0.339 e. The van der Waals surface area contributed by atoms with Crippen LogP contribution >= 0.6 is 0 Å². The number of amides is 2. The van der Waals surface area contributed by atoms with Crippen molar-refractivity contribution in [1.29, 1.82) is 5.26 Å². The first-order valence-electron chi connectivity index (χ1n) is 10.2. The molecule has 4 rings (SSSR count). The van der Waals surface area contributed by atoms with Crippen LogP contribution in [0.15, 0.2) is 24.3 Å². The molecule has 1 atom stereocenters. The number of hydrogen-bond donors (Lipinski definition) is 0. The van der Waals surface area contributed by atoms with E-state index in [2.05, 4.69) is 11.0 Å². The molecule has 5 nitrogen and oxygen atoms in total. The fourth-order valence-corrected chi connectivity index (χ4v) is 5.20. The van der Waals surface area contributed by atoms with Crippen LogP contribution in [0.3, 0.4) is 0 Å². The van der Waals surface area contributed by atoms with Crippen molar-refractivity contribution in [3.05, 3.63) is 35.4 Å². The molecule has 1 aliphatic carbocycles. The van der Waals surface area contributed by atoms with E-state index in [1.807, 2.05) is 0 Å². The molecule has 0 bridgehead atoms. The molecule has 0 radical (unpaired) electrons.